The Morgan fingerprint density at radius 1 is 1.08 bits per heavy atom. The number of hydrogen-bond acceptors (Lipinski definition) is 5. The standard InChI is InChI=1S/C18H26N2O4/c1-14(2)13-24-18(22)20-10-8-19(9-11-20)12-15-4-6-16(7-5-15)17(21)23-3/h4-7,14H,8-13H2,1-3H3. The van der Waals surface area contributed by atoms with E-state index in [0.29, 0.717) is 31.2 Å². The van der Waals surface area contributed by atoms with E-state index in [9.17, 15) is 9.59 Å². The summed E-state index contributed by atoms with van der Waals surface area (Å²) in [5.41, 5.74) is 1.69. The van der Waals surface area contributed by atoms with Crippen LogP contribution in [0.3, 0.4) is 0 Å². The topological polar surface area (TPSA) is 59.1 Å². The highest BCUT2D eigenvalue weighted by Crippen LogP contribution is 2.11. The van der Waals surface area contributed by atoms with Crippen molar-refractivity contribution in [1.82, 2.24) is 9.80 Å². The van der Waals surface area contributed by atoms with Gasteiger partial charge in [0.2, 0.25) is 0 Å². The normalized spacial score (nSPS) is 15.4. The van der Waals surface area contributed by atoms with Crippen molar-refractivity contribution in [2.75, 3.05) is 39.9 Å². The zero-order chi connectivity index (χ0) is 17.5. The van der Waals surface area contributed by atoms with Gasteiger partial charge >= 0.3 is 12.1 Å². The lowest BCUT2D eigenvalue weighted by Crippen LogP contribution is -2.48. The fraction of sp³-hybridized carbons (Fsp3) is 0.556. The Bertz CT molecular complexity index is 549. The smallest absolute Gasteiger partial charge is 0.409 e. The highest BCUT2D eigenvalue weighted by molar-refractivity contribution is 5.89. The van der Waals surface area contributed by atoms with Gasteiger partial charge in [-0.15, -0.1) is 0 Å². The van der Waals surface area contributed by atoms with E-state index in [4.69, 9.17) is 9.47 Å². The van der Waals surface area contributed by atoms with Gasteiger partial charge in [0.05, 0.1) is 19.3 Å². The monoisotopic (exact) mass is 334 g/mol. The van der Waals surface area contributed by atoms with Crippen LogP contribution in [0, 0.1) is 5.92 Å². The first-order valence-electron chi connectivity index (χ1n) is 8.31. The minimum atomic E-state index is -0.324. The quantitative estimate of drug-likeness (QED) is 0.774. The lowest BCUT2D eigenvalue weighted by molar-refractivity contribution is 0.0600. The molecule has 1 aliphatic rings. The lowest BCUT2D eigenvalue weighted by Gasteiger charge is -2.34. The molecule has 0 spiro atoms. The molecule has 0 radical (unpaired) electrons. The molecular formula is C18H26N2O4. The highest BCUT2D eigenvalue weighted by Gasteiger charge is 2.22. The van der Waals surface area contributed by atoms with Crippen LogP contribution < -0.4 is 0 Å². The van der Waals surface area contributed by atoms with Crippen LogP contribution in [0.4, 0.5) is 4.79 Å². The number of carbonyl (C=O) groups is 2. The maximum absolute atomic E-state index is 11.9. The Hall–Kier alpha value is -2.08. The van der Waals surface area contributed by atoms with Crippen molar-refractivity contribution >= 4 is 12.1 Å². The molecule has 0 bridgehead atoms. The van der Waals surface area contributed by atoms with E-state index in [2.05, 4.69) is 4.90 Å². The molecule has 1 aromatic rings. The molecule has 1 amide bonds. The molecular weight excluding hydrogens is 308 g/mol. The van der Waals surface area contributed by atoms with E-state index >= 15 is 0 Å². The van der Waals surface area contributed by atoms with Crippen molar-refractivity contribution in [2.45, 2.75) is 20.4 Å². The summed E-state index contributed by atoms with van der Waals surface area (Å²) in [5.74, 6) is 0.0262. The van der Waals surface area contributed by atoms with Crippen LogP contribution in [0.15, 0.2) is 24.3 Å². The average Bonchev–Trinajstić information content (AvgIpc) is 2.60. The van der Waals surface area contributed by atoms with E-state index in [-0.39, 0.29) is 12.1 Å². The van der Waals surface area contributed by atoms with Gasteiger partial charge in [0.1, 0.15) is 0 Å². The van der Waals surface area contributed by atoms with Gasteiger partial charge in [0, 0.05) is 32.7 Å². The van der Waals surface area contributed by atoms with Crippen LogP contribution in [0.25, 0.3) is 0 Å². The molecule has 0 unspecified atom stereocenters. The van der Waals surface area contributed by atoms with E-state index < -0.39 is 0 Å². The molecule has 1 fully saturated rings. The van der Waals surface area contributed by atoms with Crippen LogP contribution in [0.1, 0.15) is 29.8 Å². The number of nitrogens with zero attached hydrogens (tertiary/aromatic N) is 2. The number of rotatable bonds is 5. The second-order valence-corrected chi connectivity index (χ2v) is 6.42. The Labute approximate surface area is 143 Å². The Balaban J connectivity index is 1.78. The zero-order valence-corrected chi connectivity index (χ0v) is 14.7. The highest BCUT2D eigenvalue weighted by atomic mass is 16.6. The molecule has 6 nitrogen and oxygen atoms in total. The molecule has 0 atom stereocenters. The Kier molecular flexibility index (Phi) is 6.61. The van der Waals surface area contributed by atoms with Crippen LogP contribution in [-0.4, -0.2) is 61.8 Å². The van der Waals surface area contributed by atoms with E-state index in [1.165, 1.54) is 7.11 Å². The molecule has 2 rings (SSSR count). The minimum Gasteiger partial charge on any atom is -0.465 e. The third-order valence-corrected chi connectivity index (χ3v) is 3.95. The average molecular weight is 334 g/mol. The van der Waals surface area contributed by atoms with Gasteiger partial charge in [-0.1, -0.05) is 26.0 Å². The number of piperazine rings is 1. The number of benzene rings is 1. The van der Waals surface area contributed by atoms with Crippen molar-refractivity contribution in [1.29, 1.82) is 0 Å². The minimum absolute atomic E-state index is 0.217. The first-order valence-corrected chi connectivity index (χ1v) is 8.31. The van der Waals surface area contributed by atoms with Gasteiger partial charge in [-0.2, -0.15) is 0 Å². The predicted molar refractivity (Wildman–Crippen MR) is 90.8 cm³/mol. The molecule has 0 aromatic heterocycles. The van der Waals surface area contributed by atoms with Crippen LogP contribution in [0.2, 0.25) is 0 Å². The first-order chi connectivity index (χ1) is 11.5. The predicted octanol–water partition coefficient (Wildman–Crippen LogP) is 2.38. The van der Waals surface area contributed by atoms with E-state index in [1.54, 1.807) is 17.0 Å². The molecule has 0 aliphatic carbocycles. The lowest BCUT2D eigenvalue weighted by atomic mass is 10.1. The number of ether oxygens (including phenoxy) is 2. The fourth-order valence-electron chi connectivity index (χ4n) is 2.54. The molecule has 1 aromatic carbocycles. The first kappa shape index (κ1) is 18.3. The van der Waals surface area contributed by atoms with Crippen molar-refractivity contribution in [3.63, 3.8) is 0 Å². The molecule has 0 N–H and O–H groups in total. The van der Waals surface area contributed by atoms with Crippen molar-refractivity contribution < 1.29 is 19.1 Å². The fourth-order valence-corrected chi connectivity index (χ4v) is 2.54. The van der Waals surface area contributed by atoms with Crippen LogP contribution in [-0.2, 0) is 16.0 Å². The van der Waals surface area contributed by atoms with Crippen molar-refractivity contribution in [3.05, 3.63) is 35.4 Å². The second-order valence-electron chi connectivity index (χ2n) is 6.42. The molecule has 1 heterocycles. The summed E-state index contributed by atoms with van der Waals surface area (Å²) < 4.78 is 9.96. The number of methoxy groups -OCH3 is 1. The second kappa shape index (κ2) is 8.68. The SMILES string of the molecule is COC(=O)c1ccc(CN2CCN(C(=O)OCC(C)C)CC2)cc1. The number of amides is 1. The number of hydrogen-bond donors (Lipinski definition) is 0. The summed E-state index contributed by atoms with van der Waals surface area (Å²) in [5, 5.41) is 0. The maximum Gasteiger partial charge on any atom is 0.409 e. The van der Waals surface area contributed by atoms with Gasteiger partial charge in [-0.3, -0.25) is 4.90 Å². The Morgan fingerprint density at radius 2 is 1.71 bits per heavy atom. The molecule has 24 heavy (non-hydrogen) atoms. The van der Waals surface area contributed by atoms with Crippen molar-refractivity contribution in [2.24, 2.45) is 5.92 Å². The summed E-state index contributed by atoms with van der Waals surface area (Å²) in [6, 6.07) is 7.44. The van der Waals surface area contributed by atoms with Gasteiger partial charge in [-0.05, 0) is 23.6 Å². The van der Waals surface area contributed by atoms with Gasteiger partial charge in [0.15, 0.2) is 0 Å². The maximum atomic E-state index is 11.9. The van der Waals surface area contributed by atoms with E-state index in [0.717, 1.165) is 25.2 Å². The molecule has 132 valence electrons. The molecule has 0 saturated carbocycles. The largest absolute Gasteiger partial charge is 0.465 e. The van der Waals surface area contributed by atoms with E-state index in [1.807, 2.05) is 26.0 Å². The number of esters is 1. The molecule has 1 saturated heterocycles. The third kappa shape index (κ3) is 5.23. The van der Waals surface area contributed by atoms with Gasteiger partial charge in [0.25, 0.3) is 0 Å². The summed E-state index contributed by atoms with van der Waals surface area (Å²) in [6.07, 6.45) is -0.217. The summed E-state index contributed by atoms with van der Waals surface area (Å²) in [4.78, 5) is 27.4. The zero-order valence-electron chi connectivity index (χ0n) is 14.7. The van der Waals surface area contributed by atoms with Gasteiger partial charge in [-0.25, -0.2) is 9.59 Å². The number of carbonyl (C=O) groups excluding carboxylic acids is 2. The summed E-state index contributed by atoms with van der Waals surface area (Å²) >= 11 is 0. The summed E-state index contributed by atoms with van der Waals surface area (Å²) in [6.45, 7) is 8.30. The molecule has 6 heteroatoms. The Morgan fingerprint density at radius 3 is 2.25 bits per heavy atom. The van der Waals surface area contributed by atoms with Gasteiger partial charge < -0.3 is 14.4 Å². The van der Waals surface area contributed by atoms with Crippen molar-refractivity contribution in [3.8, 4) is 0 Å². The van der Waals surface area contributed by atoms with Crippen LogP contribution >= 0.6 is 0 Å². The summed E-state index contributed by atoms with van der Waals surface area (Å²) in [7, 11) is 1.38. The van der Waals surface area contributed by atoms with Crippen LogP contribution in [0.5, 0.6) is 0 Å². The third-order valence-electron chi connectivity index (χ3n) is 3.95. The molecule has 1 aliphatic heterocycles.